The van der Waals surface area contributed by atoms with Crippen molar-refractivity contribution < 1.29 is 9.18 Å². The molecule has 0 radical (unpaired) electrons. The molecule has 132 valence electrons. The van der Waals surface area contributed by atoms with Gasteiger partial charge < -0.3 is 9.80 Å². The quantitative estimate of drug-likeness (QED) is 0.860. The Morgan fingerprint density at radius 3 is 2.84 bits per heavy atom. The molecule has 0 bridgehead atoms. The van der Waals surface area contributed by atoms with Crippen LogP contribution < -0.4 is 4.90 Å². The van der Waals surface area contributed by atoms with E-state index in [4.69, 9.17) is 4.98 Å². The number of amides is 1. The maximum Gasteiger partial charge on any atom is 0.225 e. The topological polar surface area (TPSA) is 49.3 Å². The summed E-state index contributed by atoms with van der Waals surface area (Å²) < 4.78 is 13.7. The summed E-state index contributed by atoms with van der Waals surface area (Å²) in [5.74, 6) is 0.542. The van der Waals surface area contributed by atoms with Gasteiger partial charge in [0.2, 0.25) is 11.9 Å². The minimum atomic E-state index is -0.283. The van der Waals surface area contributed by atoms with E-state index in [1.807, 2.05) is 30.0 Å². The number of carbonyl (C=O) groups excluding carboxylic acids is 1. The Labute approximate surface area is 147 Å². The highest BCUT2D eigenvalue weighted by molar-refractivity contribution is 5.73. The van der Waals surface area contributed by atoms with Crippen LogP contribution in [0.5, 0.6) is 0 Å². The summed E-state index contributed by atoms with van der Waals surface area (Å²) in [4.78, 5) is 24.7. The van der Waals surface area contributed by atoms with Gasteiger partial charge in [-0.3, -0.25) is 4.79 Å². The molecule has 5 nitrogen and oxygen atoms in total. The normalized spacial score (nSPS) is 17.4. The highest BCUT2D eigenvalue weighted by Gasteiger charge is 2.27. The lowest BCUT2D eigenvalue weighted by atomic mass is 9.90. The van der Waals surface area contributed by atoms with Crippen molar-refractivity contribution >= 4 is 11.9 Å². The molecule has 1 amide bonds. The highest BCUT2D eigenvalue weighted by Crippen LogP contribution is 2.34. The summed E-state index contributed by atoms with van der Waals surface area (Å²) in [7, 11) is 3.79. The molecule has 1 unspecified atom stereocenters. The summed E-state index contributed by atoms with van der Waals surface area (Å²) >= 11 is 0. The largest absolute Gasteiger partial charge is 0.347 e. The first-order chi connectivity index (χ1) is 12.0. The molecule has 25 heavy (non-hydrogen) atoms. The Morgan fingerprint density at radius 2 is 2.16 bits per heavy atom. The molecule has 1 aliphatic heterocycles. The number of aromatic nitrogens is 2. The van der Waals surface area contributed by atoms with E-state index < -0.39 is 0 Å². The minimum Gasteiger partial charge on any atom is -0.347 e. The van der Waals surface area contributed by atoms with E-state index in [2.05, 4.69) is 4.98 Å². The summed E-state index contributed by atoms with van der Waals surface area (Å²) in [6.45, 7) is 3.02. The van der Waals surface area contributed by atoms with Gasteiger partial charge in [0.05, 0.1) is 5.69 Å². The Morgan fingerprint density at radius 1 is 1.36 bits per heavy atom. The van der Waals surface area contributed by atoms with E-state index in [1.54, 1.807) is 19.2 Å². The number of carbonyl (C=O) groups is 1. The van der Waals surface area contributed by atoms with Crippen LogP contribution in [0.3, 0.4) is 0 Å². The number of anilines is 1. The van der Waals surface area contributed by atoms with Gasteiger partial charge in [0.25, 0.3) is 0 Å². The molecule has 1 fully saturated rings. The number of rotatable bonds is 3. The van der Waals surface area contributed by atoms with Gasteiger partial charge in [-0.15, -0.1) is 0 Å². The van der Waals surface area contributed by atoms with E-state index >= 15 is 0 Å². The van der Waals surface area contributed by atoms with Gasteiger partial charge in [0.1, 0.15) is 5.82 Å². The van der Waals surface area contributed by atoms with Crippen LogP contribution in [0.4, 0.5) is 10.3 Å². The fourth-order valence-corrected chi connectivity index (χ4v) is 3.28. The highest BCUT2D eigenvalue weighted by atomic mass is 19.1. The predicted molar refractivity (Wildman–Crippen MR) is 96.0 cm³/mol. The maximum atomic E-state index is 13.7. The molecule has 0 spiro atoms. The Balaban J connectivity index is 2.05. The van der Waals surface area contributed by atoms with Crippen LogP contribution in [-0.4, -0.2) is 48.0 Å². The molecule has 2 aromatic rings. The smallest absolute Gasteiger partial charge is 0.225 e. The number of likely N-dealkylation sites (tertiary alicyclic amines) is 1. The van der Waals surface area contributed by atoms with E-state index in [1.165, 1.54) is 12.1 Å². The van der Waals surface area contributed by atoms with Crippen molar-refractivity contribution in [1.82, 2.24) is 14.9 Å². The summed E-state index contributed by atoms with van der Waals surface area (Å²) in [6.07, 6.45) is 3.66. The van der Waals surface area contributed by atoms with E-state index in [0.29, 0.717) is 12.5 Å². The standard InChI is InChI=1S/C19H23FN4O/c1-13(25)24-9-5-7-15(12-24)18-17(11-21-19(22-18)23(2)3)14-6-4-8-16(20)10-14/h4,6,8,10-11,15H,5,7,9,12H2,1-3H3. The van der Waals surface area contributed by atoms with Crippen molar-refractivity contribution in [2.75, 3.05) is 32.1 Å². The van der Waals surface area contributed by atoms with Crippen molar-refractivity contribution in [3.63, 3.8) is 0 Å². The molecular formula is C19H23FN4O. The average molecular weight is 342 g/mol. The molecule has 1 atom stereocenters. The lowest BCUT2D eigenvalue weighted by molar-refractivity contribution is -0.130. The summed E-state index contributed by atoms with van der Waals surface area (Å²) in [6, 6.07) is 6.49. The lowest BCUT2D eigenvalue weighted by Crippen LogP contribution is -2.38. The van der Waals surface area contributed by atoms with E-state index in [9.17, 15) is 9.18 Å². The molecule has 1 aromatic carbocycles. The van der Waals surface area contributed by atoms with Gasteiger partial charge >= 0.3 is 0 Å². The first-order valence-corrected chi connectivity index (χ1v) is 8.51. The van der Waals surface area contributed by atoms with Crippen molar-refractivity contribution in [2.24, 2.45) is 0 Å². The number of nitrogens with zero attached hydrogens (tertiary/aromatic N) is 4. The van der Waals surface area contributed by atoms with Gasteiger partial charge in [-0.05, 0) is 30.5 Å². The molecule has 3 rings (SSSR count). The molecule has 0 saturated carbocycles. The number of piperidine rings is 1. The van der Waals surface area contributed by atoms with Crippen LogP contribution >= 0.6 is 0 Å². The van der Waals surface area contributed by atoms with Gasteiger partial charge in [-0.1, -0.05) is 12.1 Å². The number of hydrogen-bond donors (Lipinski definition) is 0. The van der Waals surface area contributed by atoms with Crippen LogP contribution in [0.2, 0.25) is 0 Å². The minimum absolute atomic E-state index is 0.0823. The molecule has 1 aliphatic rings. The third-order valence-corrected chi connectivity index (χ3v) is 4.59. The second-order valence-electron chi connectivity index (χ2n) is 6.68. The molecule has 1 aromatic heterocycles. The van der Waals surface area contributed by atoms with Crippen LogP contribution in [0.1, 0.15) is 31.4 Å². The van der Waals surface area contributed by atoms with Gasteiger partial charge in [-0.25, -0.2) is 14.4 Å². The van der Waals surface area contributed by atoms with Crippen LogP contribution in [-0.2, 0) is 4.79 Å². The predicted octanol–water partition coefficient (Wildman–Crippen LogP) is 3.07. The van der Waals surface area contributed by atoms with Crippen LogP contribution in [0, 0.1) is 5.82 Å². The zero-order chi connectivity index (χ0) is 18.0. The van der Waals surface area contributed by atoms with E-state index in [0.717, 1.165) is 36.2 Å². The second-order valence-corrected chi connectivity index (χ2v) is 6.68. The summed E-state index contributed by atoms with van der Waals surface area (Å²) in [5, 5.41) is 0. The zero-order valence-electron chi connectivity index (χ0n) is 14.9. The van der Waals surface area contributed by atoms with Crippen molar-refractivity contribution in [3.05, 3.63) is 42.0 Å². The van der Waals surface area contributed by atoms with Crippen molar-refractivity contribution in [1.29, 1.82) is 0 Å². The summed E-state index contributed by atoms with van der Waals surface area (Å²) in [5.41, 5.74) is 2.48. The molecule has 0 N–H and O–H groups in total. The fourth-order valence-electron chi connectivity index (χ4n) is 3.28. The zero-order valence-corrected chi connectivity index (χ0v) is 14.9. The average Bonchev–Trinajstić information content (AvgIpc) is 2.61. The molecule has 0 aliphatic carbocycles. The molecular weight excluding hydrogens is 319 g/mol. The fraction of sp³-hybridized carbons (Fsp3) is 0.421. The molecule has 2 heterocycles. The van der Waals surface area contributed by atoms with Gasteiger partial charge in [-0.2, -0.15) is 0 Å². The van der Waals surface area contributed by atoms with Crippen molar-refractivity contribution in [2.45, 2.75) is 25.7 Å². The number of hydrogen-bond acceptors (Lipinski definition) is 4. The van der Waals surface area contributed by atoms with Crippen molar-refractivity contribution in [3.8, 4) is 11.1 Å². The first-order valence-electron chi connectivity index (χ1n) is 8.51. The van der Waals surface area contributed by atoms with Gasteiger partial charge in [0, 0.05) is 51.8 Å². The number of halogens is 1. The Hall–Kier alpha value is -2.50. The first kappa shape index (κ1) is 17.3. The lowest BCUT2D eigenvalue weighted by Gasteiger charge is -2.32. The third kappa shape index (κ3) is 3.78. The maximum absolute atomic E-state index is 13.7. The monoisotopic (exact) mass is 342 g/mol. The Kier molecular flexibility index (Phi) is 4.97. The SMILES string of the molecule is CC(=O)N1CCCC(c2nc(N(C)C)ncc2-c2cccc(F)c2)C1. The van der Waals surface area contributed by atoms with E-state index in [-0.39, 0.29) is 17.6 Å². The Bertz CT molecular complexity index is 778. The number of benzene rings is 1. The molecule has 6 heteroatoms. The van der Waals surface area contributed by atoms with Gasteiger partial charge in [0.15, 0.2) is 0 Å². The second kappa shape index (κ2) is 7.17. The molecule has 1 saturated heterocycles. The van der Waals surface area contributed by atoms with Crippen LogP contribution in [0.15, 0.2) is 30.5 Å². The van der Waals surface area contributed by atoms with Crippen LogP contribution in [0.25, 0.3) is 11.1 Å². The third-order valence-electron chi connectivity index (χ3n) is 4.59.